The monoisotopic (exact) mass is 308 g/mol. The minimum absolute atomic E-state index is 0.0310. The molecule has 2 saturated carbocycles. The Morgan fingerprint density at radius 1 is 1.00 bits per heavy atom. The van der Waals surface area contributed by atoms with Crippen molar-refractivity contribution in [2.24, 2.45) is 5.92 Å². The van der Waals surface area contributed by atoms with Crippen LogP contribution in [0, 0.1) is 5.92 Å². The van der Waals surface area contributed by atoms with Gasteiger partial charge in [-0.1, -0.05) is 25.7 Å². The molecule has 0 bridgehead atoms. The SMILES string of the molecule is CC(=O)NCCCCCC(=O)N(CC1CCCCC1)C1CC1. The zero-order valence-corrected chi connectivity index (χ0v) is 14.1. The summed E-state index contributed by atoms with van der Waals surface area (Å²) in [5.41, 5.74) is 0. The van der Waals surface area contributed by atoms with E-state index in [-0.39, 0.29) is 5.91 Å². The van der Waals surface area contributed by atoms with Gasteiger partial charge in [-0.2, -0.15) is 0 Å². The van der Waals surface area contributed by atoms with Gasteiger partial charge in [0.1, 0.15) is 0 Å². The minimum Gasteiger partial charge on any atom is -0.356 e. The van der Waals surface area contributed by atoms with Gasteiger partial charge in [-0.05, 0) is 44.4 Å². The molecule has 0 aliphatic heterocycles. The van der Waals surface area contributed by atoms with E-state index in [0.717, 1.165) is 38.3 Å². The Morgan fingerprint density at radius 2 is 1.73 bits per heavy atom. The van der Waals surface area contributed by atoms with E-state index in [2.05, 4.69) is 10.2 Å². The van der Waals surface area contributed by atoms with E-state index >= 15 is 0 Å². The van der Waals surface area contributed by atoms with Crippen molar-refractivity contribution in [3.05, 3.63) is 0 Å². The largest absolute Gasteiger partial charge is 0.356 e. The second kappa shape index (κ2) is 9.16. The molecule has 0 radical (unpaired) electrons. The molecule has 2 amide bonds. The molecule has 4 nitrogen and oxygen atoms in total. The molecule has 0 aromatic rings. The van der Waals surface area contributed by atoms with Crippen LogP contribution in [0.15, 0.2) is 0 Å². The molecule has 2 aliphatic rings. The standard InChI is InChI=1S/C18H32N2O2/c1-15(21)19-13-7-3-6-10-18(22)20(17-11-12-17)14-16-8-4-2-5-9-16/h16-17H,2-14H2,1H3,(H,19,21). The summed E-state index contributed by atoms with van der Waals surface area (Å²) in [6.07, 6.45) is 12.7. The average molecular weight is 308 g/mol. The van der Waals surface area contributed by atoms with Crippen LogP contribution in [0.5, 0.6) is 0 Å². The van der Waals surface area contributed by atoms with Crippen LogP contribution in [0.25, 0.3) is 0 Å². The molecule has 0 saturated heterocycles. The van der Waals surface area contributed by atoms with Crippen molar-refractivity contribution in [2.45, 2.75) is 83.6 Å². The Hall–Kier alpha value is -1.06. The van der Waals surface area contributed by atoms with Gasteiger partial charge >= 0.3 is 0 Å². The first-order valence-electron chi connectivity index (χ1n) is 9.20. The van der Waals surface area contributed by atoms with E-state index in [1.165, 1.54) is 44.9 Å². The van der Waals surface area contributed by atoms with E-state index in [1.54, 1.807) is 6.92 Å². The number of nitrogens with one attached hydrogen (secondary N) is 1. The van der Waals surface area contributed by atoms with Crippen molar-refractivity contribution >= 4 is 11.8 Å². The first kappa shape index (κ1) is 17.3. The van der Waals surface area contributed by atoms with E-state index in [0.29, 0.717) is 18.4 Å². The highest BCUT2D eigenvalue weighted by molar-refractivity contribution is 5.76. The summed E-state index contributed by atoms with van der Waals surface area (Å²) < 4.78 is 0. The number of carbonyl (C=O) groups is 2. The van der Waals surface area contributed by atoms with Crippen LogP contribution in [0.1, 0.15) is 77.6 Å². The molecule has 0 heterocycles. The Morgan fingerprint density at radius 3 is 2.36 bits per heavy atom. The number of hydrogen-bond donors (Lipinski definition) is 1. The fraction of sp³-hybridized carbons (Fsp3) is 0.889. The fourth-order valence-corrected chi connectivity index (χ4v) is 3.47. The molecular formula is C18H32N2O2. The van der Waals surface area contributed by atoms with Crippen LogP contribution in [0.3, 0.4) is 0 Å². The van der Waals surface area contributed by atoms with E-state index in [1.807, 2.05) is 0 Å². The number of rotatable bonds is 9. The van der Waals surface area contributed by atoms with Crippen LogP contribution in [-0.2, 0) is 9.59 Å². The second-order valence-corrected chi connectivity index (χ2v) is 7.07. The maximum absolute atomic E-state index is 12.5. The van der Waals surface area contributed by atoms with Gasteiger partial charge in [0.15, 0.2) is 0 Å². The number of unbranched alkanes of at least 4 members (excludes halogenated alkanes) is 2. The highest BCUT2D eigenvalue weighted by Gasteiger charge is 2.33. The molecule has 0 spiro atoms. The zero-order valence-electron chi connectivity index (χ0n) is 14.1. The van der Waals surface area contributed by atoms with E-state index in [4.69, 9.17) is 0 Å². The van der Waals surface area contributed by atoms with Gasteiger partial charge in [-0.3, -0.25) is 9.59 Å². The number of amides is 2. The molecule has 2 rings (SSSR count). The molecular weight excluding hydrogens is 276 g/mol. The van der Waals surface area contributed by atoms with Gasteiger partial charge in [-0.25, -0.2) is 0 Å². The Bertz CT molecular complexity index is 360. The molecule has 2 aliphatic carbocycles. The summed E-state index contributed by atoms with van der Waals surface area (Å²) in [6.45, 7) is 3.29. The lowest BCUT2D eigenvalue weighted by Gasteiger charge is -2.30. The Balaban J connectivity index is 1.63. The maximum Gasteiger partial charge on any atom is 0.222 e. The fourth-order valence-electron chi connectivity index (χ4n) is 3.47. The second-order valence-electron chi connectivity index (χ2n) is 7.07. The van der Waals surface area contributed by atoms with Crippen LogP contribution < -0.4 is 5.32 Å². The van der Waals surface area contributed by atoms with Gasteiger partial charge in [0.2, 0.25) is 11.8 Å². The van der Waals surface area contributed by atoms with E-state index in [9.17, 15) is 9.59 Å². The maximum atomic E-state index is 12.5. The van der Waals surface area contributed by atoms with Gasteiger partial charge in [0.25, 0.3) is 0 Å². The van der Waals surface area contributed by atoms with Gasteiger partial charge in [0.05, 0.1) is 0 Å². The third-order valence-electron chi connectivity index (χ3n) is 4.93. The predicted octanol–water partition coefficient (Wildman–Crippen LogP) is 3.25. The molecule has 4 heteroatoms. The number of hydrogen-bond acceptors (Lipinski definition) is 2. The van der Waals surface area contributed by atoms with Crippen molar-refractivity contribution in [3.8, 4) is 0 Å². The molecule has 0 aromatic heterocycles. The van der Waals surface area contributed by atoms with E-state index < -0.39 is 0 Å². The summed E-state index contributed by atoms with van der Waals surface area (Å²) in [5, 5.41) is 2.80. The smallest absolute Gasteiger partial charge is 0.222 e. The molecule has 2 fully saturated rings. The lowest BCUT2D eigenvalue weighted by molar-refractivity contribution is -0.132. The summed E-state index contributed by atoms with van der Waals surface area (Å²) in [7, 11) is 0. The van der Waals surface area contributed by atoms with Crippen molar-refractivity contribution in [2.75, 3.05) is 13.1 Å². The average Bonchev–Trinajstić information content (AvgIpc) is 3.33. The Kier molecular flexibility index (Phi) is 7.20. The zero-order chi connectivity index (χ0) is 15.8. The van der Waals surface area contributed by atoms with Crippen molar-refractivity contribution in [3.63, 3.8) is 0 Å². The number of nitrogens with zero attached hydrogens (tertiary/aromatic N) is 1. The highest BCUT2D eigenvalue weighted by Crippen LogP contribution is 2.32. The van der Waals surface area contributed by atoms with Crippen LogP contribution in [-0.4, -0.2) is 35.8 Å². The molecule has 22 heavy (non-hydrogen) atoms. The third kappa shape index (κ3) is 6.37. The first-order valence-corrected chi connectivity index (χ1v) is 9.20. The first-order chi connectivity index (χ1) is 10.7. The Labute approximate surface area is 135 Å². The topological polar surface area (TPSA) is 49.4 Å². The number of carbonyl (C=O) groups excluding carboxylic acids is 2. The third-order valence-corrected chi connectivity index (χ3v) is 4.93. The molecule has 126 valence electrons. The molecule has 0 aromatic carbocycles. The van der Waals surface area contributed by atoms with Gasteiger partial charge in [0, 0.05) is 32.5 Å². The molecule has 1 N–H and O–H groups in total. The van der Waals surface area contributed by atoms with Gasteiger partial charge < -0.3 is 10.2 Å². The van der Waals surface area contributed by atoms with Crippen LogP contribution >= 0.6 is 0 Å². The quantitative estimate of drug-likeness (QED) is 0.665. The van der Waals surface area contributed by atoms with Crippen molar-refractivity contribution < 1.29 is 9.59 Å². The highest BCUT2D eigenvalue weighted by atomic mass is 16.2. The summed E-state index contributed by atoms with van der Waals surface area (Å²) in [4.78, 5) is 25.5. The molecule has 0 unspecified atom stereocenters. The van der Waals surface area contributed by atoms with Crippen LogP contribution in [0.4, 0.5) is 0 Å². The lowest BCUT2D eigenvalue weighted by atomic mass is 9.89. The van der Waals surface area contributed by atoms with Crippen LogP contribution in [0.2, 0.25) is 0 Å². The van der Waals surface area contributed by atoms with Crippen molar-refractivity contribution in [1.29, 1.82) is 0 Å². The summed E-state index contributed by atoms with van der Waals surface area (Å²) in [5.74, 6) is 1.15. The summed E-state index contributed by atoms with van der Waals surface area (Å²) >= 11 is 0. The molecule has 0 atom stereocenters. The summed E-state index contributed by atoms with van der Waals surface area (Å²) in [6, 6.07) is 0.550. The normalized spacial score (nSPS) is 19.0. The minimum atomic E-state index is 0.0310. The lowest BCUT2D eigenvalue weighted by Crippen LogP contribution is -2.37. The van der Waals surface area contributed by atoms with Gasteiger partial charge in [-0.15, -0.1) is 0 Å². The van der Waals surface area contributed by atoms with Crippen molar-refractivity contribution in [1.82, 2.24) is 10.2 Å². The predicted molar refractivity (Wildman–Crippen MR) is 88.5 cm³/mol.